The molecule has 2 fully saturated rings. The number of anilines is 1. The highest BCUT2D eigenvalue weighted by atomic mass is 32.2. The van der Waals surface area contributed by atoms with E-state index in [4.69, 9.17) is 0 Å². The minimum Gasteiger partial charge on any atom is -0.369 e. The molecular formula is C18H25N7OS. The fourth-order valence-electron chi connectivity index (χ4n) is 3.23. The van der Waals surface area contributed by atoms with Crippen LogP contribution in [0.15, 0.2) is 35.5 Å². The zero-order valence-corrected chi connectivity index (χ0v) is 16.1. The van der Waals surface area contributed by atoms with Crippen molar-refractivity contribution in [3.8, 4) is 0 Å². The van der Waals surface area contributed by atoms with Crippen LogP contribution in [0.25, 0.3) is 0 Å². The van der Waals surface area contributed by atoms with Gasteiger partial charge in [-0.05, 0) is 35.4 Å². The minimum atomic E-state index is 0.0354. The standard InChI is InChI=1S/C18H25N7OS/c26-17(14-27-18-20-21-22-25(18)16-6-7-16)19-8-9-23-10-12-24(13-11-23)15-4-2-1-3-5-15/h1-5,16H,6-14H2,(H,19,26). The van der Waals surface area contributed by atoms with E-state index in [-0.39, 0.29) is 5.91 Å². The summed E-state index contributed by atoms with van der Waals surface area (Å²) in [6.07, 6.45) is 2.25. The summed E-state index contributed by atoms with van der Waals surface area (Å²) in [4.78, 5) is 16.9. The molecule has 1 aliphatic carbocycles. The number of carbonyl (C=O) groups excluding carboxylic acids is 1. The molecule has 0 radical (unpaired) electrons. The summed E-state index contributed by atoms with van der Waals surface area (Å²) in [5, 5.41) is 15.5. The van der Waals surface area contributed by atoms with Crippen LogP contribution in [0.3, 0.4) is 0 Å². The summed E-state index contributed by atoms with van der Waals surface area (Å²) in [7, 11) is 0. The normalized spacial score (nSPS) is 17.9. The Morgan fingerprint density at radius 2 is 1.93 bits per heavy atom. The average molecular weight is 388 g/mol. The van der Waals surface area contributed by atoms with Crippen molar-refractivity contribution in [2.75, 3.05) is 49.9 Å². The highest BCUT2D eigenvalue weighted by molar-refractivity contribution is 7.99. The molecule has 2 aromatic rings. The van der Waals surface area contributed by atoms with E-state index in [0.29, 0.717) is 18.3 Å². The van der Waals surface area contributed by atoms with E-state index in [1.54, 1.807) is 0 Å². The maximum absolute atomic E-state index is 12.1. The Kier molecular flexibility index (Phi) is 5.88. The number of nitrogens with one attached hydrogen (secondary N) is 1. The van der Waals surface area contributed by atoms with Crippen LogP contribution in [0.4, 0.5) is 5.69 Å². The number of carbonyl (C=O) groups is 1. The first-order valence-corrected chi connectivity index (χ1v) is 10.5. The van der Waals surface area contributed by atoms with Crippen LogP contribution in [0.1, 0.15) is 18.9 Å². The first-order valence-electron chi connectivity index (χ1n) is 9.49. The number of tetrazole rings is 1. The number of piperazine rings is 1. The molecule has 1 N–H and O–H groups in total. The van der Waals surface area contributed by atoms with Gasteiger partial charge in [-0.3, -0.25) is 9.69 Å². The van der Waals surface area contributed by atoms with Gasteiger partial charge >= 0.3 is 0 Å². The second kappa shape index (κ2) is 8.71. The molecule has 0 atom stereocenters. The molecule has 2 aliphatic rings. The Morgan fingerprint density at radius 3 is 2.67 bits per heavy atom. The molecule has 1 amide bonds. The Labute approximate surface area is 163 Å². The molecule has 8 nitrogen and oxygen atoms in total. The number of nitrogens with zero attached hydrogens (tertiary/aromatic N) is 6. The van der Waals surface area contributed by atoms with E-state index in [9.17, 15) is 4.79 Å². The lowest BCUT2D eigenvalue weighted by Gasteiger charge is -2.36. The van der Waals surface area contributed by atoms with Crippen molar-refractivity contribution in [1.82, 2.24) is 30.4 Å². The molecule has 1 saturated heterocycles. The van der Waals surface area contributed by atoms with Gasteiger partial charge in [-0.15, -0.1) is 5.10 Å². The Balaban J connectivity index is 1.12. The van der Waals surface area contributed by atoms with Gasteiger partial charge in [0, 0.05) is 45.0 Å². The largest absolute Gasteiger partial charge is 0.369 e. The van der Waals surface area contributed by atoms with Crippen LogP contribution in [-0.2, 0) is 4.79 Å². The van der Waals surface area contributed by atoms with Crippen molar-refractivity contribution in [2.24, 2.45) is 0 Å². The quantitative estimate of drug-likeness (QED) is 0.678. The lowest BCUT2D eigenvalue weighted by atomic mass is 10.2. The third-order valence-electron chi connectivity index (χ3n) is 4.93. The van der Waals surface area contributed by atoms with Crippen LogP contribution in [0, 0.1) is 0 Å². The summed E-state index contributed by atoms with van der Waals surface area (Å²) in [5.41, 5.74) is 1.29. The van der Waals surface area contributed by atoms with E-state index < -0.39 is 0 Å². The molecule has 27 heavy (non-hydrogen) atoms. The highest BCUT2D eigenvalue weighted by Gasteiger charge is 2.28. The van der Waals surface area contributed by atoms with Gasteiger partial charge in [0.15, 0.2) is 0 Å². The van der Waals surface area contributed by atoms with Gasteiger partial charge in [0.25, 0.3) is 0 Å². The molecule has 0 spiro atoms. The number of para-hydroxylation sites is 1. The summed E-state index contributed by atoms with van der Waals surface area (Å²) in [6.45, 7) is 5.66. The molecule has 4 rings (SSSR count). The predicted molar refractivity (Wildman–Crippen MR) is 105 cm³/mol. The van der Waals surface area contributed by atoms with E-state index in [1.165, 1.54) is 17.4 Å². The Bertz CT molecular complexity index is 741. The fourth-order valence-corrected chi connectivity index (χ4v) is 4.01. The van der Waals surface area contributed by atoms with Crippen molar-refractivity contribution < 1.29 is 4.79 Å². The van der Waals surface area contributed by atoms with Gasteiger partial charge in [-0.1, -0.05) is 30.0 Å². The summed E-state index contributed by atoms with van der Waals surface area (Å²) in [6, 6.07) is 11.0. The summed E-state index contributed by atoms with van der Waals surface area (Å²) in [5.74, 6) is 0.391. The second-order valence-electron chi connectivity index (χ2n) is 6.94. The molecular weight excluding hydrogens is 362 g/mol. The van der Waals surface area contributed by atoms with Crippen molar-refractivity contribution in [3.63, 3.8) is 0 Å². The zero-order valence-electron chi connectivity index (χ0n) is 15.3. The third kappa shape index (κ3) is 4.98. The van der Waals surface area contributed by atoms with Crippen LogP contribution in [-0.4, -0.2) is 76.0 Å². The van der Waals surface area contributed by atoms with E-state index in [1.807, 2.05) is 10.7 Å². The molecule has 1 aromatic heterocycles. The molecule has 0 unspecified atom stereocenters. The van der Waals surface area contributed by atoms with Crippen LogP contribution >= 0.6 is 11.8 Å². The van der Waals surface area contributed by atoms with Crippen molar-refractivity contribution in [2.45, 2.75) is 24.0 Å². The molecule has 2 heterocycles. The summed E-state index contributed by atoms with van der Waals surface area (Å²) >= 11 is 1.41. The third-order valence-corrected chi connectivity index (χ3v) is 5.86. The van der Waals surface area contributed by atoms with Gasteiger partial charge in [0.1, 0.15) is 0 Å². The SMILES string of the molecule is O=C(CSc1nnnn1C1CC1)NCCN1CCN(c2ccccc2)CC1. The highest BCUT2D eigenvalue weighted by Crippen LogP contribution is 2.36. The maximum Gasteiger partial charge on any atom is 0.230 e. The Hall–Kier alpha value is -2.13. The number of amides is 1. The number of rotatable bonds is 8. The van der Waals surface area contributed by atoms with Gasteiger partial charge in [-0.25, -0.2) is 4.68 Å². The summed E-state index contributed by atoms with van der Waals surface area (Å²) < 4.78 is 1.84. The average Bonchev–Trinajstić information content (AvgIpc) is 3.45. The second-order valence-corrected chi connectivity index (χ2v) is 7.88. The van der Waals surface area contributed by atoms with Gasteiger partial charge in [0.05, 0.1) is 11.8 Å². The van der Waals surface area contributed by atoms with E-state index in [0.717, 1.165) is 50.7 Å². The van der Waals surface area contributed by atoms with Gasteiger partial charge in [-0.2, -0.15) is 0 Å². The number of aromatic nitrogens is 4. The minimum absolute atomic E-state index is 0.0354. The maximum atomic E-state index is 12.1. The van der Waals surface area contributed by atoms with Crippen LogP contribution in [0.2, 0.25) is 0 Å². The van der Waals surface area contributed by atoms with Crippen molar-refractivity contribution in [1.29, 1.82) is 0 Å². The number of hydrogen-bond donors (Lipinski definition) is 1. The van der Waals surface area contributed by atoms with Gasteiger partial charge < -0.3 is 10.2 Å². The monoisotopic (exact) mass is 387 g/mol. The first kappa shape index (κ1) is 18.2. The smallest absolute Gasteiger partial charge is 0.230 e. The lowest BCUT2D eigenvalue weighted by Crippen LogP contribution is -2.48. The number of thioether (sulfide) groups is 1. The predicted octanol–water partition coefficient (Wildman–Crippen LogP) is 1.04. The Morgan fingerprint density at radius 1 is 1.15 bits per heavy atom. The van der Waals surface area contributed by atoms with Crippen molar-refractivity contribution >= 4 is 23.4 Å². The number of hydrogen-bond acceptors (Lipinski definition) is 7. The molecule has 1 aromatic carbocycles. The van der Waals surface area contributed by atoms with Crippen LogP contribution in [0.5, 0.6) is 0 Å². The molecule has 1 saturated carbocycles. The topological polar surface area (TPSA) is 79.2 Å². The van der Waals surface area contributed by atoms with Crippen LogP contribution < -0.4 is 10.2 Å². The first-order chi connectivity index (χ1) is 13.3. The number of benzene rings is 1. The van der Waals surface area contributed by atoms with Crippen molar-refractivity contribution in [3.05, 3.63) is 30.3 Å². The molecule has 0 bridgehead atoms. The molecule has 9 heteroatoms. The van der Waals surface area contributed by atoms with E-state index >= 15 is 0 Å². The molecule has 144 valence electrons. The molecule has 1 aliphatic heterocycles. The van der Waals surface area contributed by atoms with Gasteiger partial charge in [0.2, 0.25) is 11.1 Å². The van der Waals surface area contributed by atoms with E-state index in [2.05, 4.69) is 54.9 Å². The lowest BCUT2D eigenvalue weighted by molar-refractivity contribution is -0.118. The fraction of sp³-hybridized carbons (Fsp3) is 0.556. The zero-order chi connectivity index (χ0) is 18.5.